The molecule has 19 heavy (non-hydrogen) atoms. The van der Waals surface area contributed by atoms with Crippen molar-refractivity contribution in [1.29, 1.82) is 0 Å². The van der Waals surface area contributed by atoms with Crippen LogP contribution in [-0.2, 0) is 14.4 Å². The van der Waals surface area contributed by atoms with Crippen LogP contribution in [0.4, 0.5) is 0 Å². The molecule has 2 aliphatic rings. The Morgan fingerprint density at radius 2 is 2.11 bits per heavy atom. The Labute approximate surface area is 112 Å². The average molecular weight is 262 g/mol. The van der Waals surface area contributed by atoms with Crippen LogP contribution in [0.25, 0.3) is 0 Å². The van der Waals surface area contributed by atoms with Crippen molar-refractivity contribution in [3.63, 3.8) is 0 Å². The Morgan fingerprint density at radius 3 is 2.79 bits per heavy atom. The first-order valence-electron chi connectivity index (χ1n) is 6.81. The van der Waals surface area contributed by atoms with Gasteiger partial charge < -0.3 is 4.74 Å². The summed E-state index contributed by atoms with van der Waals surface area (Å²) in [7, 11) is 0. The van der Waals surface area contributed by atoms with Crippen LogP contribution in [0.3, 0.4) is 0 Å². The molecule has 2 atom stereocenters. The summed E-state index contributed by atoms with van der Waals surface area (Å²) in [6.45, 7) is 0.606. The maximum Gasteiger partial charge on any atom is 0.249 e. The largest absolute Gasteiger partial charge is 0.373 e. The Morgan fingerprint density at radius 1 is 1.32 bits per heavy atom. The van der Waals surface area contributed by atoms with E-state index in [4.69, 9.17) is 9.57 Å². The van der Waals surface area contributed by atoms with Gasteiger partial charge in [-0.3, -0.25) is 14.6 Å². The van der Waals surface area contributed by atoms with Gasteiger partial charge in [0.15, 0.2) is 0 Å². The highest BCUT2D eigenvalue weighted by Gasteiger charge is 2.35. The molecular weight excluding hydrogens is 244 g/mol. The molecule has 1 aromatic rings. The minimum atomic E-state index is -0.187. The summed E-state index contributed by atoms with van der Waals surface area (Å²) in [5, 5.41) is 0. The molecule has 1 saturated carbocycles. The highest BCUT2D eigenvalue weighted by atomic mass is 16.7. The quantitative estimate of drug-likeness (QED) is 0.840. The maximum absolute atomic E-state index is 12.1. The Kier molecular flexibility index (Phi) is 3.75. The van der Waals surface area contributed by atoms with Gasteiger partial charge in [-0.05, 0) is 43.4 Å². The molecule has 0 aromatic carbocycles. The second kappa shape index (κ2) is 5.67. The van der Waals surface area contributed by atoms with E-state index in [2.05, 4.69) is 10.5 Å². The fourth-order valence-electron chi connectivity index (χ4n) is 2.45. The lowest BCUT2D eigenvalue weighted by molar-refractivity contribution is -0.148. The molecule has 0 bridgehead atoms. The zero-order valence-electron chi connectivity index (χ0n) is 10.7. The lowest BCUT2D eigenvalue weighted by atomic mass is 9.95. The van der Waals surface area contributed by atoms with Gasteiger partial charge >= 0.3 is 0 Å². The minimum Gasteiger partial charge on any atom is -0.373 e. The van der Waals surface area contributed by atoms with Crippen LogP contribution in [0.15, 0.2) is 24.5 Å². The molecular formula is C14H18N2O3. The summed E-state index contributed by atoms with van der Waals surface area (Å²) in [5.74, 6) is -0.256. The molecule has 5 heteroatoms. The van der Waals surface area contributed by atoms with Crippen molar-refractivity contribution >= 4 is 5.91 Å². The number of carbonyl (C=O) groups excluding carboxylic acids is 1. The molecule has 1 aliphatic heterocycles. The Hall–Kier alpha value is -1.46. The van der Waals surface area contributed by atoms with Crippen molar-refractivity contribution in [2.24, 2.45) is 5.92 Å². The number of aromatic nitrogens is 1. The van der Waals surface area contributed by atoms with E-state index in [0.29, 0.717) is 6.61 Å². The topological polar surface area (TPSA) is 60.5 Å². The fourth-order valence-corrected chi connectivity index (χ4v) is 2.45. The van der Waals surface area contributed by atoms with E-state index in [-0.39, 0.29) is 24.0 Å². The number of pyridine rings is 1. The molecule has 3 rings (SSSR count). The first-order valence-corrected chi connectivity index (χ1v) is 6.81. The van der Waals surface area contributed by atoms with Crippen LogP contribution in [0, 0.1) is 5.92 Å². The Bertz CT molecular complexity index is 434. The second-order valence-electron chi connectivity index (χ2n) is 5.10. The lowest BCUT2D eigenvalue weighted by Gasteiger charge is -2.26. The third-order valence-electron chi connectivity index (χ3n) is 3.84. The van der Waals surface area contributed by atoms with Crippen molar-refractivity contribution < 1.29 is 14.4 Å². The number of nitrogens with one attached hydrogen (secondary N) is 1. The van der Waals surface area contributed by atoms with Crippen LogP contribution in [0.1, 0.15) is 37.4 Å². The predicted molar refractivity (Wildman–Crippen MR) is 67.9 cm³/mol. The third kappa shape index (κ3) is 2.77. The highest BCUT2D eigenvalue weighted by molar-refractivity contribution is 5.78. The van der Waals surface area contributed by atoms with E-state index in [9.17, 15) is 4.79 Å². The standard InChI is InChI=1S/C14H18N2O3/c17-14(16-19-11-2-1-3-11)12-6-9-18-13(12)10-4-7-15-8-5-10/h4-5,7-8,11-13H,1-3,6,9H2,(H,16,17)/t12-,13+/m1/s1. The number of ether oxygens (including phenoxy) is 1. The summed E-state index contributed by atoms with van der Waals surface area (Å²) in [6, 6.07) is 3.78. The van der Waals surface area contributed by atoms with Gasteiger partial charge in [-0.15, -0.1) is 0 Å². The molecule has 0 radical (unpaired) electrons. The van der Waals surface area contributed by atoms with Gasteiger partial charge in [0.25, 0.3) is 0 Å². The maximum atomic E-state index is 12.1. The van der Waals surface area contributed by atoms with Crippen molar-refractivity contribution in [2.45, 2.75) is 37.9 Å². The van der Waals surface area contributed by atoms with Crippen LogP contribution < -0.4 is 5.48 Å². The van der Waals surface area contributed by atoms with E-state index in [1.54, 1.807) is 12.4 Å². The molecule has 102 valence electrons. The minimum absolute atomic E-state index is 0.0776. The Balaban J connectivity index is 1.60. The zero-order valence-corrected chi connectivity index (χ0v) is 10.7. The molecule has 1 N–H and O–H groups in total. The van der Waals surface area contributed by atoms with E-state index in [0.717, 1.165) is 24.8 Å². The zero-order chi connectivity index (χ0) is 13.1. The van der Waals surface area contributed by atoms with E-state index >= 15 is 0 Å². The second-order valence-corrected chi connectivity index (χ2v) is 5.10. The number of hydrogen-bond donors (Lipinski definition) is 1. The summed E-state index contributed by atoms with van der Waals surface area (Å²) in [4.78, 5) is 21.5. The van der Waals surface area contributed by atoms with E-state index < -0.39 is 0 Å². The van der Waals surface area contributed by atoms with Gasteiger partial charge in [-0.1, -0.05) is 0 Å². The normalized spacial score (nSPS) is 26.9. The van der Waals surface area contributed by atoms with Gasteiger partial charge in [-0.2, -0.15) is 0 Å². The average Bonchev–Trinajstić information content (AvgIpc) is 2.87. The molecule has 2 fully saturated rings. The fraction of sp³-hybridized carbons (Fsp3) is 0.571. The van der Waals surface area contributed by atoms with Crippen LogP contribution in [0.2, 0.25) is 0 Å². The third-order valence-corrected chi connectivity index (χ3v) is 3.84. The summed E-state index contributed by atoms with van der Waals surface area (Å²) < 4.78 is 5.68. The molecule has 5 nitrogen and oxygen atoms in total. The van der Waals surface area contributed by atoms with Crippen molar-refractivity contribution in [1.82, 2.24) is 10.5 Å². The van der Waals surface area contributed by atoms with Gasteiger partial charge in [0.2, 0.25) is 5.91 Å². The molecule has 0 unspecified atom stereocenters. The number of rotatable bonds is 4. The predicted octanol–water partition coefficient (Wildman–Crippen LogP) is 1.76. The smallest absolute Gasteiger partial charge is 0.249 e. The van der Waals surface area contributed by atoms with E-state index in [1.807, 2.05) is 12.1 Å². The number of carbonyl (C=O) groups is 1. The van der Waals surface area contributed by atoms with Crippen LogP contribution in [0.5, 0.6) is 0 Å². The number of hydrogen-bond acceptors (Lipinski definition) is 4. The summed E-state index contributed by atoms with van der Waals surface area (Å²) in [6.07, 6.45) is 7.44. The SMILES string of the molecule is O=C(NOC1CCC1)[C@@H]1CCO[C@H]1c1ccncc1. The van der Waals surface area contributed by atoms with Crippen molar-refractivity contribution in [2.75, 3.05) is 6.61 Å². The molecule has 1 saturated heterocycles. The molecule has 1 amide bonds. The van der Waals surface area contributed by atoms with E-state index in [1.165, 1.54) is 6.42 Å². The van der Waals surface area contributed by atoms with Crippen molar-refractivity contribution in [3.05, 3.63) is 30.1 Å². The van der Waals surface area contributed by atoms with Crippen LogP contribution in [-0.4, -0.2) is 23.6 Å². The molecule has 1 aromatic heterocycles. The summed E-state index contributed by atoms with van der Waals surface area (Å²) >= 11 is 0. The molecule has 2 heterocycles. The van der Waals surface area contributed by atoms with Crippen LogP contribution >= 0.6 is 0 Å². The first-order chi connectivity index (χ1) is 9.34. The van der Waals surface area contributed by atoms with Gasteiger partial charge in [0.1, 0.15) is 0 Å². The number of nitrogens with zero attached hydrogens (tertiary/aromatic N) is 1. The van der Waals surface area contributed by atoms with Gasteiger partial charge in [-0.25, -0.2) is 5.48 Å². The molecule has 0 spiro atoms. The van der Waals surface area contributed by atoms with Gasteiger partial charge in [0, 0.05) is 19.0 Å². The highest BCUT2D eigenvalue weighted by Crippen LogP contribution is 2.34. The lowest BCUT2D eigenvalue weighted by Crippen LogP contribution is -2.37. The number of amides is 1. The molecule has 1 aliphatic carbocycles. The van der Waals surface area contributed by atoms with Crippen molar-refractivity contribution in [3.8, 4) is 0 Å². The monoisotopic (exact) mass is 262 g/mol. The summed E-state index contributed by atoms with van der Waals surface area (Å²) in [5.41, 5.74) is 3.59. The van der Waals surface area contributed by atoms with Gasteiger partial charge in [0.05, 0.1) is 18.1 Å². The number of hydroxylamine groups is 1. The first kappa shape index (κ1) is 12.6.